The molecule has 0 heterocycles. The van der Waals surface area contributed by atoms with E-state index in [4.69, 9.17) is 0 Å². The molecule has 0 amide bonds. The molecule has 0 aliphatic rings. The topological polar surface area (TPSA) is 0 Å². The Labute approximate surface area is 630 Å². The van der Waals surface area contributed by atoms with E-state index in [-0.39, 0.29) is 37.9 Å². The maximum Gasteiger partial charge on any atom is -0.0127 e. The summed E-state index contributed by atoms with van der Waals surface area (Å²) in [6, 6.07) is 42.1. The van der Waals surface area contributed by atoms with Gasteiger partial charge in [0.25, 0.3) is 0 Å². The van der Waals surface area contributed by atoms with Crippen molar-refractivity contribution in [3.63, 3.8) is 0 Å². The van der Waals surface area contributed by atoms with Crippen molar-refractivity contribution in [3.8, 4) is 0 Å². The van der Waals surface area contributed by atoms with Gasteiger partial charge < -0.3 is 0 Å². The molecule has 0 saturated heterocycles. The highest BCUT2D eigenvalue weighted by atomic mass is 14.3. The third-order valence-corrected chi connectivity index (χ3v) is 16.3. The molecule has 7 aromatic rings. The second-order valence-corrected chi connectivity index (χ2v) is 32.7. The van der Waals surface area contributed by atoms with Gasteiger partial charge in [0.15, 0.2) is 0 Å². The minimum absolute atomic E-state index is 0.264. The van der Waals surface area contributed by atoms with Crippen molar-refractivity contribution in [3.05, 3.63) is 243 Å². The Morgan fingerprint density at radius 1 is 0.160 bits per heavy atom. The molecular formula is C100H172. The van der Waals surface area contributed by atoms with Crippen LogP contribution in [0.5, 0.6) is 0 Å². The number of hydrogen-bond acceptors (Lipinski definition) is 0. The van der Waals surface area contributed by atoms with Crippen molar-refractivity contribution < 1.29 is 0 Å². The van der Waals surface area contributed by atoms with Crippen molar-refractivity contribution >= 4 is 0 Å². The van der Waals surface area contributed by atoms with Crippen LogP contribution in [-0.4, -0.2) is 0 Å². The summed E-state index contributed by atoms with van der Waals surface area (Å²) >= 11 is 0. The Balaban J connectivity index is -0.000000196. The fraction of sp³-hybridized carbons (Fsp3) is 0.580. The number of hydrogen-bond donors (Lipinski definition) is 0. The maximum absolute atomic E-state index is 2.31. The number of rotatable bonds is 0. The van der Waals surface area contributed by atoms with Crippen LogP contribution in [0, 0.1) is 111 Å². The molecule has 0 nitrogen and oxygen atoms in total. The molecule has 0 aliphatic carbocycles. The summed E-state index contributed by atoms with van der Waals surface area (Å²) in [7, 11) is 0. The number of aryl methyl sites for hydroxylation is 14. The van der Waals surface area contributed by atoms with E-state index < -0.39 is 0 Å². The van der Waals surface area contributed by atoms with Crippen LogP contribution in [0.1, 0.15) is 370 Å². The van der Waals surface area contributed by atoms with Gasteiger partial charge in [0.2, 0.25) is 0 Å². The molecule has 0 aliphatic heterocycles. The van der Waals surface area contributed by atoms with Gasteiger partial charge in [-0.3, -0.25) is 0 Å². The van der Waals surface area contributed by atoms with E-state index in [1.165, 1.54) is 128 Å². The lowest BCUT2D eigenvalue weighted by atomic mass is 9.80. The summed E-state index contributed by atoms with van der Waals surface area (Å²) in [5.74, 6) is 0. The lowest BCUT2D eigenvalue weighted by Crippen LogP contribution is -2.15. The van der Waals surface area contributed by atoms with Crippen LogP contribution in [0.15, 0.2) is 115 Å². The maximum atomic E-state index is 2.31. The normalized spacial score (nSPS) is 10.6. The van der Waals surface area contributed by atoms with Gasteiger partial charge in [-0.1, -0.05) is 385 Å². The van der Waals surface area contributed by atoms with Crippen LogP contribution in [-0.2, 0) is 37.9 Å². The zero-order valence-corrected chi connectivity index (χ0v) is 77.0. The molecule has 0 unspecified atom stereocenters. The molecule has 7 rings (SSSR count). The van der Waals surface area contributed by atoms with Crippen LogP contribution in [0.2, 0.25) is 0 Å². The van der Waals surface area contributed by atoms with E-state index >= 15 is 0 Å². The van der Waals surface area contributed by atoms with Gasteiger partial charge in [0.05, 0.1) is 0 Å². The Morgan fingerprint density at radius 2 is 0.360 bits per heavy atom. The summed E-state index contributed by atoms with van der Waals surface area (Å²) in [4.78, 5) is 0. The van der Waals surface area contributed by atoms with E-state index in [0.29, 0.717) is 0 Å². The predicted molar refractivity (Wildman–Crippen MR) is 471 cm³/mol. The first-order chi connectivity index (χ1) is 45.7. The van der Waals surface area contributed by atoms with Crippen LogP contribution in [0.25, 0.3) is 0 Å². The van der Waals surface area contributed by atoms with Gasteiger partial charge in [0.1, 0.15) is 0 Å². The first kappa shape index (κ1) is 108. The van der Waals surface area contributed by atoms with E-state index in [1.807, 2.05) is 96.9 Å². The Kier molecular flexibility index (Phi) is 55.7. The number of benzene rings is 7. The van der Waals surface area contributed by atoms with E-state index in [0.717, 1.165) is 0 Å². The fourth-order valence-corrected chi connectivity index (χ4v) is 12.1. The largest absolute Gasteiger partial charge is 0.0683 e. The van der Waals surface area contributed by atoms with Crippen LogP contribution in [0.3, 0.4) is 0 Å². The standard InChI is InChI=1S/2C13H20.5C12H18.7C2H6/c1-9-7-10(2)11(3)12(8-9)13(4,5)6;1-9-7-8-10(2)12(11(9)3)13(4,5)6;4*1-9-6-7-10(2)11(8-9)12(3,4)5;1-9-7-6-8-10(2)11(9)12(3,4)5;7*1-2/h2*7-8H,1-6H3;5*6-8H,1-5H3;7*1-2H3. The minimum atomic E-state index is 0.264. The monoisotopic (exact) mass is 1370 g/mol. The Hall–Kier alpha value is -5.46. The molecule has 572 valence electrons. The molecule has 0 heteroatoms. The molecule has 0 aromatic heterocycles. The van der Waals surface area contributed by atoms with Crippen molar-refractivity contribution in [2.45, 2.75) is 391 Å². The van der Waals surface area contributed by atoms with Crippen molar-refractivity contribution in [2.24, 2.45) is 0 Å². The summed E-state index contributed by atoms with van der Waals surface area (Å²) < 4.78 is 0. The molecule has 0 spiro atoms. The highest BCUT2D eigenvalue weighted by Gasteiger charge is 2.22. The SMILES string of the molecule is CC.CC.CC.CC.CC.CC.CC.Cc1cc(C)c(C)c(C(C)(C)C)c1.Cc1ccc(C)c(C(C)(C)C)c1.Cc1ccc(C)c(C(C)(C)C)c1.Cc1ccc(C)c(C(C)(C)C)c1.Cc1ccc(C)c(C(C)(C)C)c1.Cc1ccc(C)c(C(C)(C)C)c1C.Cc1cccc(C)c1C(C)(C)C. The van der Waals surface area contributed by atoms with Crippen LogP contribution < -0.4 is 0 Å². The Bertz CT molecular complexity index is 2990. The fourth-order valence-electron chi connectivity index (χ4n) is 12.1. The van der Waals surface area contributed by atoms with Crippen molar-refractivity contribution in [1.29, 1.82) is 0 Å². The van der Waals surface area contributed by atoms with Gasteiger partial charge in [-0.25, -0.2) is 0 Å². The smallest absolute Gasteiger partial charge is 0.0127 e. The summed E-state index contributed by atoms with van der Waals surface area (Å²) in [6.45, 7) is 110. The van der Waals surface area contributed by atoms with Gasteiger partial charge in [-0.2, -0.15) is 0 Å². The lowest BCUT2D eigenvalue weighted by Gasteiger charge is -2.25. The van der Waals surface area contributed by atoms with Gasteiger partial charge in [-0.15, -0.1) is 0 Å². The molecule has 0 saturated carbocycles. The zero-order valence-electron chi connectivity index (χ0n) is 77.0. The molecule has 0 N–H and O–H groups in total. The second kappa shape index (κ2) is 51.6. The van der Waals surface area contributed by atoms with Crippen LogP contribution in [0.4, 0.5) is 0 Å². The first-order valence-corrected chi connectivity index (χ1v) is 39.3. The minimum Gasteiger partial charge on any atom is -0.0683 e. The third-order valence-electron chi connectivity index (χ3n) is 16.3. The lowest BCUT2D eigenvalue weighted by molar-refractivity contribution is 0.581. The predicted octanol–water partition coefficient (Wildman–Crippen LogP) is 33.0. The molecule has 0 atom stereocenters. The molecule has 0 radical (unpaired) electrons. The molecule has 100 heavy (non-hydrogen) atoms. The van der Waals surface area contributed by atoms with Gasteiger partial charge >= 0.3 is 0 Å². The van der Waals surface area contributed by atoms with E-state index in [9.17, 15) is 0 Å². The summed E-state index contributed by atoms with van der Waals surface area (Å²) in [5, 5.41) is 0. The van der Waals surface area contributed by atoms with Crippen molar-refractivity contribution in [1.82, 2.24) is 0 Å². The van der Waals surface area contributed by atoms with E-state index in [2.05, 4.69) is 371 Å². The quantitative estimate of drug-likeness (QED) is 0.142. The first-order valence-electron chi connectivity index (χ1n) is 39.3. The van der Waals surface area contributed by atoms with Crippen LogP contribution >= 0.6 is 0 Å². The summed E-state index contributed by atoms with van der Waals surface area (Å²) in [5.41, 5.74) is 34.5. The van der Waals surface area contributed by atoms with Crippen molar-refractivity contribution in [2.75, 3.05) is 0 Å². The average molecular weight is 1370 g/mol. The molecule has 0 bridgehead atoms. The van der Waals surface area contributed by atoms with E-state index in [1.54, 1.807) is 0 Å². The molecule has 7 aromatic carbocycles. The highest BCUT2D eigenvalue weighted by molar-refractivity contribution is 5.45. The average Bonchev–Trinajstić information content (AvgIpc) is 0.833. The van der Waals surface area contributed by atoms with Gasteiger partial charge in [-0.05, 0) is 249 Å². The van der Waals surface area contributed by atoms with Gasteiger partial charge in [0, 0.05) is 0 Å². The second-order valence-electron chi connectivity index (χ2n) is 32.7. The third kappa shape index (κ3) is 42.2. The molecular weight excluding hydrogens is 1200 g/mol. The highest BCUT2D eigenvalue weighted by Crippen LogP contribution is 2.33. The Morgan fingerprint density at radius 3 is 0.550 bits per heavy atom. The summed E-state index contributed by atoms with van der Waals surface area (Å²) in [6.07, 6.45) is 0. The zero-order chi connectivity index (χ0) is 81.2. The molecule has 0 fully saturated rings.